The summed E-state index contributed by atoms with van der Waals surface area (Å²) in [6.45, 7) is 5.43. The van der Waals surface area contributed by atoms with E-state index in [9.17, 15) is 0 Å². The second-order valence-electron chi connectivity index (χ2n) is 6.52. The molecule has 1 aliphatic heterocycles. The molecule has 21 heavy (non-hydrogen) atoms. The zero-order valence-electron chi connectivity index (χ0n) is 12.8. The zero-order chi connectivity index (χ0) is 14.4. The summed E-state index contributed by atoms with van der Waals surface area (Å²) in [5.41, 5.74) is 3.28. The first-order chi connectivity index (χ1) is 10.2. The van der Waals surface area contributed by atoms with Crippen LogP contribution in [0.3, 0.4) is 0 Å². The molecule has 2 aliphatic rings. The van der Waals surface area contributed by atoms with Gasteiger partial charge in [-0.3, -0.25) is 9.58 Å². The fourth-order valence-corrected chi connectivity index (χ4v) is 3.44. The molecule has 0 radical (unpaired) electrons. The number of rotatable bonds is 4. The molecule has 1 unspecified atom stereocenters. The molecule has 3 heterocycles. The maximum Gasteiger partial charge on any atom is 0.157 e. The van der Waals surface area contributed by atoms with Crippen molar-refractivity contribution in [1.29, 1.82) is 0 Å². The first kappa shape index (κ1) is 13.2. The number of hydrogen-bond acceptors (Lipinski definition) is 4. The van der Waals surface area contributed by atoms with Gasteiger partial charge in [-0.2, -0.15) is 5.10 Å². The Morgan fingerprint density at radius 2 is 2.19 bits per heavy atom. The van der Waals surface area contributed by atoms with E-state index >= 15 is 0 Å². The van der Waals surface area contributed by atoms with Crippen molar-refractivity contribution in [2.75, 3.05) is 13.1 Å². The van der Waals surface area contributed by atoms with Crippen LogP contribution in [0.1, 0.15) is 30.5 Å². The maximum atomic E-state index is 4.55. The molecule has 1 saturated carbocycles. The molecule has 1 N–H and O–H groups in total. The highest BCUT2D eigenvalue weighted by molar-refractivity contribution is 5.78. The van der Waals surface area contributed by atoms with Crippen LogP contribution in [0.25, 0.3) is 11.0 Å². The monoisotopic (exact) mass is 285 g/mol. The second kappa shape index (κ2) is 5.07. The van der Waals surface area contributed by atoms with Crippen LogP contribution < -0.4 is 5.32 Å². The SMILES string of the molecule is Cc1nn(C)c2ncc(CNC3CCN(C4CC4)C3)cc12. The average Bonchev–Trinajstić information content (AvgIpc) is 3.16. The smallest absolute Gasteiger partial charge is 0.157 e. The third kappa shape index (κ3) is 2.56. The Morgan fingerprint density at radius 1 is 1.33 bits per heavy atom. The van der Waals surface area contributed by atoms with E-state index < -0.39 is 0 Å². The van der Waals surface area contributed by atoms with Crippen molar-refractivity contribution in [2.45, 2.75) is 44.8 Å². The van der Waals surface area contributed by atoms with E-state index in [0.29, 0.717) is 6.04 Å². The zero-order valence-corrected chi connectivity index (χ0v) is 12.8. The second-order valence-corrected chi connectivity index (χ2v) is 6.52. The van der Waals surface area contributed by atoms with Gasteiger partial charge in [-0.1, -0.05) is 0 Å². The molecule has 2 fully saturated rings. The van der Waals surface area contributed by atoms with Gasteiger partial charge in [0, 0.05) is 50.3 Å². The predicted octanol–water partition coefficient (Wildman–Crippen LogP) is 1.60. The van der Waals surface area contributed by atoms with E-state index in [1.165, 1.54) is 43.3 Å². The van der Waals surface area contributed by atoms with Gasteiger partial charge in [0.25, 0.3) is 0 Å². The molecular weight excluding hydrogens is 262 g/mol. The van der Waals surface area contributed by atoms with E-state index in [1.54, 1.807) is 0 Å². The molecule has 0 amide bonds. The summed E-state index contributed by atoms with van der Waals surface area (Å²) >= 11 is 0. The Hall–Kier alpha value is -1.46. The number of aromatic nitrogens is 3. The van der Waals surface area contributed by atoms with E-state index in [1.807, 2.05) is 24.9 Å². The maximum absolute atomic E-state index is 4.55. The Kier molecular flexibility index (Phi) is 3.19. The normalized spacial score (nSPS) is 23.2. The number of pyridine rings is 1. The number of nitrogens with one attached hydrogen (secondary N) is 1. The van der Waals surface area contributed by atoms with Crippen molar-refractivity contribution < 1.29 is 0 Å². The van der Waals surface area contributed by atoms with Gasteiger partial charge >= 0.3 is 0 Å². The lowest BCUT2D eigenvalue weighted by Crippen LogP contribution is -2.32. The molecule has 1 aliphatic carbocycles. The summed E-state index contributed by atoms with van der Waals surface area (Å²) in [5.74, 6) is 0. The van der Waals surface area contributed by atoms with Crippen LogP contribution in [0, 0.1) is 6.92 Å². The van der Waals surface area contributed by atoms with E-state index in [4.69, 9.17) is 0 Å². The summed E-state index contributed by atoms with van der Waals surface area (Å²) in [5, 5.41) is 9.29. The molecule has 2 aromatic rings. The Balaban J connectivity index is 1.41. The first-order valence-electron chi connectivity index (χ1n) is 7.96. The van der Waals surface area contributed by atoms with Gasteiger partial charge in [0.2, 0.25) is 0 Å². The van der Waals surface area contributed by atoms with E-state index in [2.05, 4.69) is 26.4 Å². The van der Waals surface area contributed by atoms with Crippen molar-refractivity contribution >= 4 is 11.0 Å². The number of likely N-dealkylation sites (tertiary alicyclic amines) is 1. The van der Waals surface area contributed by atoms with Gasteiger partial charge in [-0.15, -0.1) is 0 Å². The molecule has 0 bridgehead atoms. The topological polar surface area (TPSA) is 46.0 Å². The van der Waals surface area contributed by atoms with Gasteiger partial charge in [0.1, 0.15) is 0 Å². The van der Waals surface area contributed by atoms with Crippen LogP contribution in [0.15, 0.2) is 12.3 Å². The van der Waals surface area contributed by atoms with Gasteiger partial charge in [0.15, 0.2) is 5.65 Å². The van der Waals surface area contributed by atoms with Crippen molar-refractivity contribution in [2.24, 2.45) is 7.05 Å². The number of hydrogen-bond donors (Lipinski definition) is 1. The lowest BCUT2D eigenvalue weighted by molar-refractivity contribution is 0.317. The molecule has 5 heteroatoms. The Morgan fingerprint density at radius 3 is 3.00 bits per heavy atom. The standard InChI is InChI=1S/C16H23N5/c1-11-15-7-12(9-18-16(15)20(2)19-11)8-17-13-5-6-21(10-13)14-3-4-14/h7,9,13-14,17H,3-6,8,10H2,1-2H3. The van der Waals surface area contributed by atoms with E-state index in [0.717, 1.165) is 23.9 Å². The third-order valence-corrected chi connectivity index (χ3v) is 4.80. The highest BCUT2D eigenvalue weighted by Crippen LogP contribution is 2.29. The lowest BCUT2D eigenvalue weighted by Gasteiger charge is -2.15. The van der Waals surface area contributed by atoms with Crippen LogP contribution in [0.5, 0.6) is 0 Å². The molecule has 2 aromatic heterocycles. The molecule has 5 nitrogen and oxygen atoms in total. The molecule has 112 valence electrons. The number of fused-ring (bicyclic) bond motifs is 1. The molecule has 0 spiro atoms. The predicted molar refractivity (Wildman–Crippen MR) is 83.1 cm³/mol. The van der Waals surface area contributed by atoms with E-state index in [-0.39, 0.29) is 0 Å². The van der Waals surface area contributed by atoms with Gasteiger partial charge < -0.3 is 5.32 Å². The number of aryl methyl sites for hydroxylation is 2. The highest BCUT2D eigenvalue weighted by atomic mass is 15.3. The van der Waals surface area contributed by atoms with Gasteiger partial charge in [-0.05, 0) is 37.8 Å². The summed E-state index contributed by atoms with van der Waals surface area (Å²) < 4.78 is 1.85. The van der Waals surface area contributed by atoms with Crippen molar-refractivity contribution in [3.8, 4) is 0 Å². The molecular formula is C16H23N5. The largest absolute Gasteiger partial charge is 0.309 e. The van der Waals surface area contributed by atoms with Gasteiger partial charge in [0.05, 0.1) is 5.69 Å². The van der Waals surface area contributed by atoms with Crippen LogP contribution in [-0.2, 0) is 13.6 Å². The minimum Gasteiger partial charge on any atom is -0.309 e. The summed E-state index contributed by atoms with van der Waals surface area (Å²) in [7, 11) is 1.95. The third-order valence-electron chi connectivity index (χ3n) is 4.80. The summed E-state index contributed by atoms with van der Waals surface area (Å²) in [6.07, 6.45) is 6.07. The Labute approximate surface area is 125 Å². The average molecular weight is 285 g/mol. The molecule has 1 atom stereocenters. The van der Waals surface area contributed by atoms with Crippen molar-refractivity contribution in [3.63, 3.8) is 0 Å². The first-order valence-corrected chi connectivity index (χ1v) is 7.96. The minimum atomic E-state index is 0.635. The summed E-state index contributed by atoms with van der Waals surface area (Å²) in [4.78, 5) is 7.19. The lowest BCUT2D eigenvalue weighted by atomic mass is 10.2. The fourth-order valence-electron chi connectivity index (χ4n) is 3.44. The number of nitrogens with zero attached hydrogens (tertiary/aromatic N) is 4. The fraction of sp³-hybridized carbons (Fsp3) is 0.625. The van der Waals surface area contributed by atoms with Crippen LogP contribution in [-0.4, -0.2) is 44.8 Å². The van der Waals surface area contributed by atoms with Crippen LogP contribution >= 0.6 is 0 Å². The minimum absolute atomic E-state index is 0.635. The highest BCUT2D eigenvalue weighted by Gasteiger charge is 2.34. The van der Waals surface area contributed by atoms with Crippen molar-refractivity contribution in [3.05, 3.63) is 23.5 Å². The quantitative estimate of drug-likeness (QED) is 0.927. The molecule has 0 aromatic carbocycles. The summed E-state index contributed by atoms with van der Waals surface area (Å²) in [6, 6.07) is 3.76. The van der Waals surface area contributed by atoms with Gasteiger partial charge in [-0.25, -0.2) is 4.98 Å². The van der Waals surface area contributed by atoms with Crippen LogP contribution in [0.4, 0.5) is 0 Å². The van der Waals surface area contributed by atoms with Crippen molar-refractivity contribution in [1.82, 2.24) is 25.0 Å². The molecule has 4 rings (SSSR count). The molecule has 1 saturated heterocycles. The van der Waals surface area contributed by atoms with Crippen LogP contribution in [0.2, 0.25) is 0 Å². The Bertz CT molecular complexity index is 658.